The third kappa shape index (κ3) is 5.28. The molecule has 0 saturated carbocycles. The molecule has 0 aromatic heterocycles. The smallest absolute Gasteiger partial charge is 0.238 e. The van der Waals surface area contributed by atoms with Gasteiger partial charge in [0.15, 0.2) is 11.5 Å². The van der Waals surface area contributed by atoms with Crippen LogP contribution in [-0.2, 0) is 11.2 Å². The summed E-state index contributed by atoms with van der Waals surface area (Å²) in [5.74, 6) is 1.38. The van der Waals surface area contributed by atoms with Gasteiger partial charge in [-0.05, 0) is 55.3 Å². The van der Waals surface area contributed by atoms with Crippen LogP contribution in [0.2, 0.25) is 0 Å². The average Bonchev–Trinajstić information content (AvgIpc) is 2.58. The topological polar surface area (TPSA) is 59.6 Å². The zero-order valence-corrected chi connectivity index (χ0v) is 14.4. The number of ether oxygens (including phenoxy) is 2. The van der Waals surface area contributed by atoms with Crippen molar-refractivity contribution < 1.29 is 14.3 Å². The van der Waals surface area contributed by atoms with Crippen LogP contribution < -0.4 is 20.1 Å². The number of carbonyl (C=O) groups excluding carboxylic acids is 1. The van der Waals surface area contributed by atoms with Crippen LogP contribution in [0.1, 0.15) is 11.1 Å². The predicted octanol–water partition coefficient (Wildman–Crippen LogP) is 2.78. The van der Waals surface area contributed by atoms with Gasteiger partial charge in [0.25, 0.3) is 0 Å². The Morgan fingerprint density at radius 2 is 1.83 bits per heavy atom. The van der Waals surface area contributed by atoms with Crippen molar-refractivity contribution in [2.75, 3.05) is 32.6 Å². The summed E-state index contributed by atoms with van der Waals surface area (Å²) in [7, 11) is 3.24. The van der Waals surface area contributed by atoms with E-state index in [2.05, 4.69) is 10.6 Å². The zero-order valence-electron chi connectivity index (χ0n) is 14.4. The monoisotopic (exact) mass is 328 g/mol. The number of anilines is 1. The standard InChI is InChI=1S/C19H24N2O3/c1-14-5-4-6-16(11-14)21-19(22)13-20-10-9-15-7-8-17(23-2)18(12-15)24-3/h4-8,11-12,20H,9-10,13H2,1-3H3,(H,21,22). The van der Waals surface area contributed by atoms with Crippen molar-refractivity contribution >= 4 is 11.6 Å². The highest BCUT2D eigenvalue weighted by Gasteiger charge is 2.05. The Bertz CT molecular complexity index is 686. The Kier molecular flexibility index (Phi) is 6.63. The van der Waals surface area contributed by atoms with E-state index in [1.165, 1.54) is 0 Å². The minimum Gasteiger partial charge on any atom is -0.493 e. The van der Waals surface area contributed by atoms with Crippen molar-refractivity contribution in [1.82, 2.24) is 5.32 Å². The van der Waals surface area contributed by atoms with E-state index in [9.17, 15) is 4.79 Å². The van der Waals surface area contributed by atoms with Gasteiger partial charge < -0.3 is 20.1 Å². The highest BCUT2D eigenvalue weighted by molar-refractivity contribution is 5.92. The molecule has 2 rings (SSSR count). The van der Waals surface area contributed by atoms with Crippen molar-refractivity contribution in [1.29, 1.82) is 0 Å². The maximum atomic E-state index is 11.9. The summed E-state index contributed by atoms with van der Waals surface area (Å²) >= 11 is 0. The van der Waals surface area contributed by atoms with E-state index in [0.717, 1.165) is 23.2 Å². The largest absolute Gasteiger partial charge is 0.493 e. The van der Waals surface area contributed by atoms with Crippen LogP contribution in [0.4, 0.5) is 5.69 Å². The summed E-state index contributed by atoms with van der Waals surface area (Å²) in [5.41, 5.74) is 3.06. The quantitative estimate of drug-likeness (QED) is 0.732. The van der Waals surface area contributed by atoms with Gasteiger partial charge in [-0.2, -0.15) is 0 Å². The fourth-order valence-electron chi connectivity index (χ4n) is 2.40. The Labute approximate surface area is 143 Å². The molecule has 5 nitrogen and oxygen atoms in total. The molecule has 2 N–H and O–H groups in total. The van der Waals surface area contributed by atoms with Gasteiger partial charge in [-0.3, -0.25) is 4.79 Å². The third-order valence-corrected chi connectivity index (χ3v) is 3.63. The van der Waals surface area contributed by atoms with Crippen LogP contribution in [0.5, 0.6) is 11.5 Å². The molecule has 0 aliphatic rings. The molecule has 1 amide bonds. The molecule has 0 aliphatic heterocycles. The van der Waals surface area contributed by atoms with Crippen molar-refractivity contribution in [3.63, 3.8) is 0 Å². The Balaban J connectivity index is 1.75. The number of hydrogen-bond acceptors (Lipinski definition) is 4. The van der Waals surface area contributed by atoms with E-state index in [1.807, 2.05) is 49.4 Å². The summed E-state index contributed by atoms with van der Waals surface area (Å²) < 4.78 is 10.5. The number of carbonyl (C=O) groups is 1. The van der Waals surface area contributed by atoms with Gasteiger partial charge in [0.2, 0.25) is 5.91 Å². The molecule has 2 aromatic carbocycles. The maximum Gasteiger partial charge on any atom is 0.238 e. The molecular formula is C19H24N2O3. The third-order valence-electron chi connectivity index (χ3n) is 3.63. The van der Waals surface area contributed by atoms with Gasteiger partial charge >= 0.3 is 0 Å². The summed E-state index contributed by atoms with van der Waals surface area (Å²) in [6.45, 7) is 2.98. The van der Waals surface area contributed by atoms with Crippen molar-refractivity contribution in [2.45, 2.75) is 13.3 Å². The molecule has 24 heavy (non-hydrogen) atoms. The molecule has 2 aromatic rings. The Morgan fingerprint density at radius 3 is 2.54 bits per heavy atom. The molecule has 0 aliphatic carbocycles. The van der Waals surface area contributed by atoms with Gasteiger partial charge in [-0.1, -0.05) is 18.2 Å². The van der Waals surface area contributed by atoms with Gasteiger partial charge in [-0.25, -0.2) is 0 Å². The molecule has 0 atom stereocenters. The lowest BCUT2D eigenvalue weighted by atomic mass is 10.1. The number of nitrogens with one attached hydrogen (secondary N) is 2. The molecule has 0 saturated heterocycles. The fourth-order valence-corrected chi connectivity index (χ4v) is 2.40. The van der Waals surface area contributed by atoms with Gasteiger partial charge in [0.1, 0.15) is 0 Å². The van der Waals surface area contributed by atoms with Gasteiger partial charge in [-0.15, -0.1) is 0 Å². The highest BCUT2D eigenvalue weighted by Crippen LogP contribution is 2.27. The van der Waals surface area contributed by atoms with E-state index in [-0.39, 0.29) is 12.5 Å². The minimum atomic E-state index is -0.0482. The molecule has 128 valence electrons. The van der Waals surface area contributed by atoms with E-state index in [1.54, 1.807) is 14.2 Å². The lowest BCUT2D eigenvalue weighted by molar-refractivity contribution is -0.115. The van der Waals surface area contributed by atoms with Gasteiger partial charge in [0, 0.05) is 5.69 Å². The van der Waals surface area contributed by atoms with E-state index in [4.69, 9.17) is 9.47 Å². The molecule has 0 heterocycles. The summed E-state index contributed by atoms with van der Waals surface area (Å²) in [5, 5.41) is 6.03. The molecule has 0 radical (unpaired) electrons. The summed E-state index contributed by atoms with van der Waals surface area (Å²) in [6, 6.07) is 13.6. The van der Waals surface area contributed by atoms with Crippen LogP contribution in [0.3, 0.4) is 0 Å². The van der Waals surface area contributed by atoms with Crippen molar-refractivity contribution in [3.05, 3.63) is 53.6 Å². The van der Waals surface area contributed by atoms with Crippen molar-refractivity contribution in [3.8, 4) is 11.5 Å². The molecule has 5 heteroatoms. The SMILES string of the molecule is COc1ccc(CCNCC(=O)Nc2cccc(C)c2)cc1OC. The lowest BCUT2D eigenvalue weighted by Gasteiger charge is -2.10. The van der Waals surface area contributed by atoms with E-state index in [0.29, 0.717) is 18.0 Å². The number of rotatable bonds is 8. The first kappa shape index (κ1) is 17.8. The van der Waals surface area contributed by atoms with Crippen LogP contribution in [0.15, 0.2) is 42.5 Å². The second-order valence-corrected chi connectivity index (χ2v) is 5.53. The first-order valence-corrected chi connectivity index (χ1v) is 7.90. The maximum absolute atomic E-state index is 11.9. The molecule has 0 unspecified atom stereocenters. The van der Waals surface area contributed by atoms with Crippen LogP contribution in [0.25, 0.3) is 0 Å². The molecule has 0 spiro atoms. The lowest BCUT2D eigenvalue weighted by Crippen LogP contribution is -2.29. The summed E-state index contributed by atoms with van der Waals surface area (Å²) in [6.07, 6.45) is 0.804. The van der Waals surface area contributed by atoms with Crippen molar-refractivity contribution in [2.24, 2.45) is 0 Å². The van der Waals surface area contributed by atoms with Crippen LogP contribution in [-0.4, -0.2) is 33.2 Å². The molecule has 0 bridgehead atoms. The number of benzene rings is 2. The van der Waals surface area contributed by atoms with Crippen LogP contribution >= 0.6 is 0 Å². The molecule has 0 fully saturated rings. The first-order chi connectivity index (χ1) is 11.6. The molecular weight excluding hydrogens is 304 g/mol. The number of methoxy groups -OCH3 is 2. The summed E-state index contributed by atoms with van der Waals surface area (Å²) in [4.78, 5) is 11.9. The Morgan fingerprint density at radius 1 is 1.04 bits per heavy atom. The fraction of sp³-hybridized carbons (Fsp3) is 0.316. The second kappa shape index (κ2) is 8.93. The number of hydrogen-bond donors (Lipinski definition) is 2. The number of aryl methyl sites for hydroxylation is 1. The van der Waals surface area contributed by atoms with Crippen LogP contribution in [0, 0.1) is 6.92 Å². The van der Waals surface area contributed by atoms with Gasteiger partial charge in [0.05, 0.1) is 20.8 Å². The predicted molar refractivity (Wildman–Crippen MR) is 95.9 cm³/mol. The zero-order chi connectivity index (χ0) is 17.4. The highest BCUT2D eigenvalue weighted by atomic mass is 16.5. The number of amides is 1. The van der Waals surface area contributed by atoms with E-state index < -0.39 is 0 Å². The normalized spacial score (nSPS) is 10.3. The average molecular weight is 328 g/mol. The first-order valence-electron chi connectivity index (χ1n) is 7.90. The Hall–Kier alpha value is -2.53. The minimum absolute atomic E-state index is 0.0482. The second-order valence-electron chi connectivity index (χ2n) is 5.53. The van der Waals surface area contributed by atoms with E-state index >= 15 is 0 Å².